The highest BCUT2D eigenvalue weighted by Gasteiger charge is 2.08. The zero-order chi connectivity index (χ0) is 26.6. The fourth-order valence-electron chi connectivity index (χ4n) is 3.53. The van der Waals surface area contributed by atoms with Crippen LogP contribution < -0.4 is 9.47 Å². The Morgan fingerprint density at radius 1 is 0.579 bits per heavy atom. The fraction of sp³-hybridized carbons (Fsp3) is 0.0909. The molecular weight excluding hydrogens is 476 g/mol. The topological polar surface area (TPSA) is 72.8 Å². The summed E-state index contributed by atoms with van der Waals surface area (Å²) in [7, 11) is 0. The highest BCUT2D eigenvalue weighted by Crippen LogP contribution is 2.16. The second kappa shape index (κ2) is 13.5. The zero-order valence-electron chi connectivity index (χ0n) is 20.8. The van der Waals surface area contributed by atoms with Gasteiger partial charge in [-0.3, -0.25) is 9.59 Å². The van der Waals surface area contributed by atoms with Crippen LogP contribution in [0.25, 0.3) is 12.2 Å². The predicted molar refractivity (Wildman–Crippen MR) is 149 cm³/mol. The van der Waals surface area contributed by atoms with Gasteiger partial charge in [0.15, 0.2) is 11.6 Å². The van der Waals surface area contributed by atoms with Crippen molar-refractivity contribution in [2.24, 2.45) is 0 Å². The number of hydrogen-bond donors (Lipinski definition) is 1. The average Bonchev–Trinajstić information content (AvgIpc) is 2.98. The number of aliphatic hydroxyl groups excluding tert-OH is 1. The summed E-state index contributed by atoms with van der Waals surface area (Å²) in [5, 5.41) is 10.2. The van der Waals surface area contributed by atoms with Crippen molar-refractivity contribution < 1.29 is 24.2 Å². The van der Waals surface area contributed by atoms with E-state index in [1.165, 1.54) is 6.08 Å². The molecule has 4 aromatic rings. The van der Waals surface area contributed by atoms with Gasteiger partial charge < -0.3 is 14.6 Å². The number of carbonyl (C=O) groups excluding carboxylic acids is 2. The maximum Gasteiger partial charge on any atom is 0.185 e. The van der Waals surface area contributed by atoms with Gasteiger partial charge in [0.2, 0.25) is 0 Å². The molecule has 0 unspecified atom stereocenters. The number of hydrogen-bond acceptors (Lipinski definition) is 5. The summed E-state index contributed by atoms with van der Waals surface area (Å²) in [5.41, 5.74) is 3.01. The Balaban J connectivity index is 1.19. The van der Waals surface area contributed by atoms with E-state index in [1.807, 2.05) is 60.7 Å². The van der Waals surface area contributed by atoms with Gasteiger partial charge in [-0.1, -0.05) is 84.9 Å². The molecular formula is C33H28O5. The maximum atomic E-state index is 12.4. The molecule has 0 saturated heterocycles. The van der Waals surface area contributed by atoms with Crippen LogP contribution in [0.5, 0.6) is 11.5 Å². The van der Waals surface area contributed by atoms with Crippen LogP contribution in [-0.4, -0.2) is 36.0 Å². The Kier molecular flexibility index (Phi) is 9.38. The lowest BCUT2D eigenvalue weighted by Crippen LogP contribution is -2.25. The highest BCUT2D eigenvalue weighted by molar-refractivity contribution is 6.07. The molecule has 0 radical (unpaired) electrons. The Hall–Kier alpha value is -4.74. The molecule has 5 heteroatoms. The normalized spacial score (nSPS) is 11.9. The average molecular weight is 505 g/mol. The lowest BCUT2D eigenvalue weighted by atomic mass is 10.1. The first kappa shape index (κ1) is 26.3. The van der Waals surface area contributed by atoms with E-state index in [9.17, 15) is 14.7 Å². The van der Waals surface area contributed by atoms with Crippen LogP contribution in [0.4, 0.5) is 0 Å². The molecule has 1 atom stereocenters. The molecule has 0 aliphatic rings. The second-order valence-electron chi connectivity index (χ2n) is 8.54. The van der Waals surface area contributed by atoms with Gasteiger partial charge in [0, 0.05) is 11.1 Å². The minimum absolute atomic E-state index is 0.0453. The van der Waals surface area contributed by atoms with Crippen molar-refractivity contribution in [3.05, 3.63) is 144 Å². The summed E-state index contributed by atoms with van der Waals surface area (Å²) >= 11 is 0. The van der Waals surface area contributed by atoms with Gasteiger partial charge in [0.05, 0.1) is 0 Å². The van der Waals surface area contributed by atoms with Crippen molar-refractivity contribution >= 4 is 23.7 Å². The van der Waals surface area contributed by atoms with E-state index >= 15 is 0 Å². The third-order valence-corrected chi connectivity index (χ3v) is 5.62. The molecule has 0 heterocycles. The maximum absolute atomic E-state index is 12.4. The number of rotatable bonds is 12. The summed E-state index contributed by atoms with van der Waals surface area (Å²) in [4.78, 5) is 24.5. The minimum Gasteiger partial charge on any atom is -0.491 e. The van der Waals surface area contributed by atoms with Crippen LogP contribution in [0.1, 0.15) is 31.8 Å². The van der Waals surface area contributed by atoms with Crippen LogP contribution in [0.3, 0.4) is 0 Å². The van der Waals surface area contributed by atoms with Gasteiger partial charge in [-0.25, -0.2) is 0 Å². The first-order chi connectivity index (χ1) is 18.6. The van der Waals surface area contributed by atoms with Gasteiger partial charge in [-0.05, 0) is 59.7 Å². The highest BCUT2D eigenvalue weighted by atomic mass is 16.5. The molecule has 0 aromatic heterocycles. The van der Waals surface area contributed by atoms with Gasteiger partial charge in [-0.15, -0.1) is 0 Å². The summed E-state index contributed by atoms with van der Waals surface area (Å²) in [6.07, 6.45) is 5.77. The lowest BCUT2D eigenvalue weighted by molar-refractivity contribution is 0.0626. The number of benzene rings is 4. The smallest absolute Gasteiger partial charge is 0.185 e. The van der Waals surface area contributed by atoms with Crippen molar-refractivity contribution in [1.82, 2.24) is 0 Å². The molecule has 4 aromatic carbocycles. The quantitative estimate of drug-likeness (QED) is 0.181. The van der Waals surface area contributed by atoms with Gasteiger partial charge in [-0.2, -0.15) is 0 Å². The van der Waals surface area contributed by atoms with Crippen LogP contribution >= 0.6 is 0 Å². The standard InChI is InChI=1S/C33H28O5/c34-29(23-37-30-17-11-26(12-18-30)14-22-32(35)27-9-5-2-6-10-27)24-38-31-19-15-28(16-20-31)33(36)21-13-25-7-3-1-4-8-25/h1-22,29,34H,23-24H2/b21-13+,22-14-/t29-/m1/s1. The molecule has 4 rings (SSSR count). The molecule has 190 valence electrons. The summed E-state index contributed by atoms with van der Waals surface area (Å²) in [5.74, 6) is 0.990. The number of aliphatic hydroxyl groups is 1. The molecule has 1 N–H and O–H groups in total. The van der Waals surface area contributed by atoms with Crippen LogP contribution in [-0.2, 0) is 0 Å². The van der Waals surface area contributed by atoms with Crippen LogP contribution in [0, 0.1) is 0 Å². The summed E-state index contributed by atoms with van der Waals surface area (Å²) < 4.78 is 11.3. The minimum atomic E-state index is -0.840. The van der Waals surface area contributed by atoms with Gasteiger partial charge >= 0.3 is 0 Å². The van der Waals surface area contributed by atoms with Gasteiger partial charge in [0.25, 0.3) is 0 Å². The largest absolute Gasteiger partial charge is 0.491 e. The predicted octanol–water partition coefficient (Wildman–Crippen LogP) is 6.30. The molecule has 0 fully saturated rings. The van der Waals surface area contributed by atoms with Crippen molar-refractivity contribution in [1.29, 1.82) is 0 Å². The molecule has 0 aliphatic carbocycles. The number of carbonyl (C=O) groups is 2. The first-order valence-corrected chi connectivity index (χ1v) is 12.3. The molecule has 0 bridgehead atoms. The summed E-state index contributed by atoms with van der Waals surface area (Å²) in [6.45, 7) is 0.103. The van der Waals surface area contributed by atoms with E-state index in [4.69, 9.17) is 9.47 Å². The van der Waals surface area contributed by atoms with Crippen LogP contribution in [0.2, 0.25) is 0 Å². The third kappa shape index (κ3) is 8.15. The molecule has 0 aliphatic heterocycles. The van der Waals surface area contributed by atoms with Crippen molar-refractivity contribution in [3.8, 4) is 11.5 Å². The monoisotopic (exact) mass is 504 g/mol. The van der Waals surface area contributed by atoms with Crippen molar-refractivity contribution in [3.63, 3.8) is 0 Å². The van der Waals surface area contributed by atoms with E-state index in [0.29, 0.717) is 22.6 Å². The van der Waals surface area contributed by atoms with E-state index in [-0.39, 0.29) is 24.8 Å². The molecule has 38 heavy (non-hydrogen) atoms. The molecule has 0 amide bonds. The van der Waals surface area contributed by atoms with Crippen molar-refractivity contribution in [2.45, 2.75) is 6.10 Å². The number of ether oxygens (including phenoxy) is 2. The fourth-order valence-corrected chi connectivity index (χ4v) is 3.53. The Bertz CT molecular complexity index is 1370. The third-order valence-electron chi connectivity index (χ3n) is 5.62. The number of allylic oxidation sites excluding steroid dienone is 2. The van der Waals surface area contributed by atoms with E-state index in [1.54, 1.807) is 66.8 Å². The number of ketones is 2. The Morgan fingerprint density at radius 3 is 1.53 bits per heavy atom. The first-order valence-electron chi connectivity index (χ1n) is 12.3. The molecule has 0 saturated carbocycles. The van der Waals surface area contributed by atoms with E-state index in [2.05, 4.69) is 0 Å². The van der Waals surface area contributed by atoms with Crippen molar-refractivity contribution in [2.75, 3.05) is 13.2 Å². The van der Waals surface area contributed by atoms with Crippen LogP contribution in [0.15, 0.2) is 121 Å². The second-order valence-corrected chi connectivity index (χ2v) is 8.54. The van der Waals surface area contributed by atoms with Gasteiger partial charge in [0.1, 0.15) is 30.8 Å². The lowest BCUT2D eigenvalue weighted by Gasteiger charge is -2.14. The Morgan fingerprint density at radius 2 is 1.00 bits per heavy atom. The Labute approximate surface area is 222 Å². The SMILES string of the molecule is O=C(/C=C\c1ccc(OC[C@@H](O)COc2ccc(C(=O)/C=C/c3ccccc3)cc2)cc1)c1ccccc1. The summed E-state index contributed by atoms with van der Waals surface area (Å²) in [6, 6.07) is 32.7. The van der Waals surface area contributed by atoms with E-state index in [0.717, 1.165) is 11.1 Å². The molecule has 5 nitrogen and oxygen atoms in total. The van der Waals surface area contributed by atoms with E-state index < -0.39 is 6.10 Å². The zero-order valence-corrected chi connectivity index (χ0v) is 20.8. The molecule has 0 spiro atoms.